The number of ether oxygens (including phenoxy) is 1. The Morgan fingerprint density at radius 2 is 1.48 bits per heavy atom. The minimum Gasteiger partial charge on any atom is -0.457 e. The molecule has 0 spiro atoms. The van der Waals surface area contributed by atoms with Crippen LogP contribution in [0.15, 0.2) is 54.6 Å². The maximum Gasteiger partial charge on any atom is 0.253 e. The molecule has 2 amide bonds. The van der Waals surface area contributed by atoms with Gasteiger partial charge in [0.05, 0.1) is 0 Å². The Balaban J connectivity index is 1.59. The van der Waals surface area contributed by atoms with Crippen LogP contribution in [-0.4, -0.2) is 47.8 Å². The summed E-state index contributed by atoms with van der Waals surface area (Å²) in [6.45, 7) is 4.61. The van der Waals surface area contributed by atoms with E-state index in [0.717, 1.165) is 25.1 Å². The summed E-state index contributed by atoms with van der Waals surface area (Å²) in [5.41, 5.74) is 0.642. The third-order valence-electron chi connectivity index (χ3n) is 4.68. The molecule has 1 aliphatic rings. The van der Waals surface area contributed by atoms with E-state index in [-0.39, 0.29) is 11.8 Å². The van der Waals surface area contributed by atoms with E-state index in [1.54, 1.807) is 12.1 Å². The van der Waals surface area contributed by atoms with Crippen molar-refractivity contribution in [1.29, 1.82) is 0 Å². The third-order valence-corrected chi connectivity index (χ3v) is 4.68. The molecule has 2 aromatic rings. The maximum atomic E-state index is 12.8. The van der Waals surface area contributed by atoms with Crippen LogP contribution in [0.5, 0.6) is 11.5 Å². The lowest BCUT2D eigenvalue weighted by atomic mass is 10.2. The fourth-order valence-electron chi connectivity index (χ4n) is 3.21. The van der Waals surface area contributed by atoms with Crippen molar-refractivity contribution in [3.05, 3.63) is 60.2 Å². The summed E-state index contributed by atoms with van der Waals surface area (Å²) in [4.78, 5) is 28.6. The first kappa shape index (κ1) is 19.0. The Hall–Kier alpha value is -2.82. The van der Waals surface area contributed by atoms with Crippen LogP contribution in [0.3, 0.4) is 0 Å². The van der Waals surface area contributed by atoms with E-state index in [1.165, 1.54) is 0 Å². The number of hydrogen-bond donors (Lipinski definition) is 0. The monoisotopic (exact) mass is 366 g/mol. The van der Waals surface area contributed by atoms with Gasteiger partial charge in [-0.25, -0.2) is 0 Å². The average molecular weight is 366 g/mol. The van der Waals surface area contributed by atoms with Gasteiger partial charge in [0.15, 0.2) is 0 Å². The van der Waals surface area contributed by atoms with Crippen molar-refractivity contribution < 1.29 is 14.3 Å². The Labute approximate surface area is 160 Å². The van der Waals surface area contributed by atoms with Gasteiger partial charge in [0.1, 0.15) is 11.5 Å². The highest BCUT2D eigenvalue weighted by Gasteiger charge is 2.22. The van der Waals surface area contributed by atoms with Gasteiger partial charge in [0.25, 0.3) is 5.91 Å². The predicted molar refractivity (Wildman–Crippen MR) is 105 cm³/mol. The van der Waals surface area contributed by atoms with Crippen LogP contribution >= 0.6 is 0 Å². The first-order chi connectivity index (χ1) is 13.2. The molecule has 1 saturated heterocycles. The second-order valence-corrected chi connectivity index (χ2v) is 6.72. The zero-order valence-electron chi connectivity index (χ0n) is 15.8. The van der Waals surface area contributed by atoms with Gasteiger partial charge >= 0.3 is 0 Å². The van der Waals surface area contributed by atoms with Crippen molar-refractivity contribution in [2.75, 3.05) is 26.2 Å². The average Bonchev–Trinajstić information content (AvgIpc) is 2.95. The number of carbonyl (C=O) groups excluding carboxylic acids is 2. The molecular weight excluding hydrogens is 340 g/mol. The van der Waals surface area contributed by atoms with Gasteiger partial charge in [0.2, 0.25) is 5.91 Å². The fraction of sp³-hybridized carbons (Fsp3) is 0.364. The molecule has 0 saturated carbocycles. The molecule has 0 aliphatic carbocycles. The number of para-hydroxylation sites is 1. The lowest BCUT2D eigenvalue weighted by Crippen LogP contribution is -2.37. The summed E-state index contributed by atoms with van der Waals surface area (Å²) < 4.78 is 5.77. The van der Waals surface area contributed by atoms with Gasteiger partial charge in [-0.15, -0.1) is 0 Å². The highest BCUT2D eigenvalue weighted by atomic mass is 16.5. The predicted octanol–water partition coefficient (Wildman–Crippen LogP) is 3.95. The molecular formula is C22H26N2O3. The van der Waals surface area contributed by atoms with Crippen molar-refractivity contribution in [3.63, 3.8) is 0 Å². The topological polar surface area (TPSA) is 49.9 Å². The minimum absolute atomic E-state index is 0.00560. The summed E-state index contributed by atoms with van der Waals surface area (Å²) in [6, 6.07) is 16.8. The molecule has 5 nitrogen and oxygen atoms in total. The number of carbonyl (C=O) groups is 2. The van der Waals surface area contributed by atoms with E-state index < -0.39 is 0 Å². The summed E-state index contributed by atoms with van der Waals surface area (Å²) in [6.07, 6.45) is 2.25. The lowest BCUT2D eigenvalue weighted by molar-refractivity contribution is -0.131. The van der Waals surface area contributed by atoms with Crippen LogP contribution in [0.2, 0.25) is 0 Å². The molecule has 1 heterocycles. The molecule has 0 N–H and O–H groups in total. The molecule has 1 aliphatic heterocycles. The summed E-state index contributed by atoms with van der Waals surface area (Å²) in [5, 5.41) is 0. The van der Waals surface area contributed by atoms with E-state index >= 15 is 0 Å². The van der Waals surface area contributed by atoms with E-state index in [1.807, 2.05) is 59.2 Å². The van der Waals surface area contributed by atoms with E-state index in [9.17, 15) is 9.59 Å². The molecule has 0 aromatic heterocycles. The molecule has 3 rings (SSSR count). The lowest BCUT2D eigenvalue weighted by Gasteiger charge is -2.22. The van der Waals surface area contributed by atoms with Crippen molar-refractivity contribution >= 4 is 11.8 Å². The highest BCUT2D eigenvalue weighted by molar-refractivity contribution is 5.94. The molecule has 0 radical (unpaired) electrons. The standard InChI is InChI=1S/C22H26N2O3/c1-2-7-21(25)23-14-6-15-24(17-16-23)22(26)18-10-12-20(13-11-18)27-19-8-4-3-5-9-19/h3-5,8-13H,2,6-7,14-17H2,1H3. The first-order valence-corrected chi connectivity index (χ1v) is 9.57. The Morgan fingerprint density at radius 1 is 0.852 bits per heavy atom. The molecule has 0 bridgehead atoms. The second kappa shape index (κ2) is 9.21. The largest absolute Gasteiger partial charge is 0.457 e. The van der Waals surface area contributed by atoms with Crippen LogP contribution in [0, 0.1) is 0 Å². The summed E-state index contributed by atoms with van der Waals surface area (Å²) >= 11 is 0. The van der Waals surface area contributed by atoms with Gasteiger partial charge in [-0.2, -0.15) is 0 Å². The van der Waals surface area contributed by atoms with Crippen molar-refractivity contribution in [1.82, 2.24) is 9.80 Å². The second-order valence-electron chi connectivity index (χ2n) is 6.72. The van der Waals surface area contributed by atoms with Gasteiger partial charge in [0, 0.05) is 38.2 Å². The Morgan fingerprint density at radius 3 is 2.19 bits per heavy atom. The number of nitrogens with zero attached hydrogens (tertiary/aromatic N) is 2. The number of benzene rings is 2. The Bertz CT molecular complexity index is 759. The molecule has 27 heavy (non-hydrogen) atoms. The molecule has 0 unspecified atom stereocenters. The molecule has 142 valence electrons. The SMILES string of the molecule is CCCC(=O)N1CCCN(C(=O)c2ccc(Oc3ccccc3)cc2)CC1. The quantitative estimate of drug-likeness (QED) is 0.805. The van der Waals surface area contributed by atoms with Crippen molar-refractivity contribution in [2.24, 2.45) is 0 Å². The third kappa shape index (κ3) is 5.09. The van der Waals surface area contributed by atoms with E-state index in [4.69, 9.17) is 4.74 Å². The van der Waals surface area contributed by atoms with Gasteiger partial charge < -0.3 is 14.5 Å². The van der Waals surface area contributed by atoms with Gasteiger partial charge in [-0.05, 0) is 49.2 Å². The highest BCUT2D eigenvalue weighted by Crippen LogP contribution is 2.22. The molecule has 0 atom stereocenters. The minimum atomic E-state index is 0.00560. The van der Waals surface area contributed by atoms with Crippen LogP contribution in [0.4, 0.5) is 0 Å². The zero-order chi connectivity index (χ0) is 19.1. The van der Waals surface area contributed by atoms with E-state index in [0.29, 0.717) is 37.4 Å². The zero-order valence-corrected chi connectivity index (χ0v) is 15.8. The van der Waals surface area contributed by atoms with Crippen LogP contribution in [0.25, 0.3) is 0 Å². The van der Waals surface area contributed by atoms with Crippen LogP contribution < -0.4 is 4.74 Å². The molecule has 5 heteroatoms. The number of amides is 2. The Kier molecular flexibility index (Phi) is 6.47. The van der Waals surface area contributed by atoms with Crippen molar-refractivity contribution in [3.8, 4) is 11.5 Å². The van der Waals surface area contributed by atoms with E-state index in [2.05, 4.69) is 0 Å². The fourth-order valence-corrected chi connectivity index (χ4v) is 3.21. The van der Waals surface area contributed by atoms with Crippen LogP contribution in [0.1, 0.15) is 36.5 Å². The smallest absolute Gasteiger partial charge is 0.253 e. The molecule has 2 aromatic carbocycles. The van der Waals surface area contributed by atoms with Crippen molar-refractivity contribution in [2.45, 2.75) is 26.2 Å². The normalized spacial score (nSPS) is 14.6. The number of rotatable bonds is 5. The molecule has 1 fully saturated rings. The first-order valence-electron chi connectivity index (χ1n) is 9.57. The maximum absolute atomic E-state index is 12.8. The van der Waals surface area contributed by atoms with Crippen LogP contribution in [-0.2, 0) is 4.79 Å². The summed E-state index contributed by atoms with van der Waals surface area (Å²) in [7, 11) is 0. The van der Waals surface area contributed by atoms with Gasteiger partial charge in [-0.1, -0.05) is 25.1 Å². The number of hydrogen-bond acceptors (Lipinski definition) is 3. The summed E-state index contributed by atoms with van der Waals surface area (Å²) in [5.74, 6) is 1.66. The van der Waals surface area contributed by atoms with Gasteiger partial charge in [-0.3, -0.25) is 9.59 Å².